The number of thioether (sulfide) groups is 1. The lowest BCUT2D eigenvalue weighted by molar-refractivity contribution is -0.142. The van der Waals surface area contributed by atoms with Crippen molar-refractivity contribution in [3.63, 3.8) is 0 Å². The van der Waals surface area contributed by atoms with E-state index in [0.29, 0.717) is 29.0 Å². The highest BCUT2D eigenvalue weighted by Crippen LogP contribution is 2.29. The Bertz CT molecular complexity index is 856. The summed E-state index contributed by atoms with van der Waals surface area (Å²) in [6, 6.07) is 1.68. The molecule has 0 N–H and O–H groups in total. The van der Waals surface area contributed by atoms with Crippen LogP contribution < -0.4 is 11.2 Å². The van der Waals surface area contributed by atoms with Gasteiger partial charge in [0.2, 0.25) is 0 Å². The van der Waals surface area contributed by atoms with E-state index in [2.05, 4.69) is 4.98 Å². The Balaban J connectivity index is 2.60. The van der Waals surface area contributed by atoms with Gasteiger partial charge < -0.3 is 4.74 Å². The molecule has 0 aliphatic carbocycles. The van der Waals surface area contributed by atoms with Crippen molar-refractivity contribution in [2.45, 2.75) is 30.4 Å². The Morgan fingerprint density at radius 1 is 1.30 bits per heavy atom. The molecular formula is C15H19N3O4S. The minimum atomic E-state index is -0.436. The van der Waals surface area contributed by atoms with Gasteiger partial charge in [-0.15, -0.1) is 11.8 Å². The minimum Gasteiger partial charge on any atom is -0.465 e. The molecular weight excluding hydrogens is 318 g/mol. The van der Waals surface area contributed by atoms with Gasteiger partial charge in [0.25, 0.3) is 5.56 Å². The van der Waals surface area contributed by atoms with Crippen LogP contribution in [0.3, 0.4) is 0 Å². The second kappa shape index (κ2) is 6.99. The van der Waals surface area contributed by atoms with Gasteiger partial charge in [0.15, 0.2) is 0 Å². The summed E-state index contributed by atoms with van der Waals surface area (Å²) in [5, 5.41) is -0.0765. The molecule has 0 spiro atoms. The van der Waals surface area contributed by atoms with Crippen molar-refractivity contribution in [1.29, 1.82) is 0 Å². The Kier molecular flexibility index (Phi) is 5.25. The van der Waals surface area contributed by atoms with Gasteiger partial charge in [-0.2, -0.15) is 0 Å². The average Bonchev–Trinajstić information content (AvgIpc) is 2.55. The first kappa shape index (κ1) is 17.3. The number of hydrogen-bond donors (Lipinski definition) is 0. The molecule has 23 heavy (non-hydrogen) atoms. The normalized spacial score (nSPS) is 12.3. The molecule has 0 saturated heterocycles. The van der Waals surface area contributed by atoms with E-state index in [9.17, 15) is 14.4 Å². The van der Waals surface area contributed by atoms with Gasteiger partial charge in [-0.1, -0.05) is 6.92 Å². The maximum Gasteiger partial charge on any atom is 0.332 e. The van der Waals surface area contributed by atoms with Gasteiger partial charge in [-0.05, 0) is 19.4 Å². The first-order chi connectivity index (χ1) is 10.9. The highest BCUT2D eigenvalue weighted by Gasteiger charge is 2.22. The van der Waals surface area contributed by atoms with Crippen LogP contribution in [0.4, 0.5) is 0 Å². The molecule has 0 fully saturated rings. The Morgan fingerprint density at radius 3 is 2.61 bits per heavy atom. The molecule has 0 bridgehead atoms. The molecule has 0 saturated carbocycles. The fourth-order valence-electron chi connectivity index (χ4n) is 2.24. The lowest BCUT2D eigenvalue weighted by atomic mass is 10.3. The molecule has 2 aromatic rings. The average molecular weight is 337 g/mol. The molecule has 124 valence electrons. The van der Waals surface area contributed by atoms with Crippen molar-refractivity contribution in [3.05, 3.63) is 33.1 Å². The summed E-state index contributed by atoms with van der Waals surface area (Å²) in [6.07, 6.45) is 2.10. The molecule has 2 heterocycles. The third-order valence-corrected chi connectivity index (χ3v) is 4.90. The number of ether oxygens (including phenoxy) is 1. The SMILES string of the molecule is CCOC(=O)[C@H](CC)Sc1ccnc2c1c(=O)n(C)c(=O)n2C. The summed E-state index contributed by atoms with van der Waals surface area (Å²) in [7, 11) is 2.99. The lowest BCUT2D eigenvalue weighted by Gasteiger charge is -2.15. The van der Waals surface area contributed by atoms with Crippen LogP contribution in [-0.4, -0.2) is 31.9 Å². The van der Waals surface area contributed by atoms with E-state index in [-0.39, 0.29) is 5.97 Å². The number of fused-ring (bicyclic) bond motifs is 1. The topological polar surface area (TPSA) is 83.2 Å². The molecule has 8 heteroatoms. The third-order valence-electron chi connectivity index (χ3n) is 3.49. The molecule has 1 atom stereocenters. The minimum absolute atomic E-state index is 0.307. The van der Waals surface area contributed by atoms with E-state index in [1.165, 1.54) is 29.6 Å². The lowest BCUT2D eigenvalue weighted by Crippen LogP contribution is -2.37. The van der Waals surface area contributed by atoms with Gasteiger partial charge in [-0.3, -0.25) is 18.7 Å². The van der Waals surface area contributed by atoms with Crippen molar-refractivity contribution >= 4 is 28.8 Å². The largest absolute Gasteiger partial charge is 0.465 e. The van der Waals surface area contributed by atoms with Crippen LogP contribution in [0.2, 0.25) is 0 Å². The van der Waals surface area contributed by atoms with Crippen molar-refractivity contribution in [2.75, 3.05) is 6.61 Å². The fourth-order valence-corrected chi connectivity index (χ4v) is 3.32. The second-order valence-corrected chi connectivity index (χ2v) is 6.22. The number of rotatable bonds is 5. The predicted octanol–water partition coefficient (Wildman–Crippen LogP) is 1.07. The van der Waals surface area contributed by atoms with Crippen molar-refractivity contribution in [1.82, 2.24) is 14.1 Å². The zero-order chi connectivity index (χ0) is 17.1. The maximum atomic E-state index is 12.5. The van der Waals surface area contributed by atoms with Gasteiger partial charge in [0.1, 0.15) is 10.9 Å². The summed E-state index contributed by atoms with van der Waals surface area (Å²) in [6.45, 7) is 3.94. The first-order valence-corrected chi connectivity index (χ1v) is 8.18. The number of aryl methyl sites for hydroxylation is 1. The molecule has 0 aliphatic heterocycles. The number of carbonyl (C=O) groups excluding carboxylic acids is 1. The summed E-state index contributed by atoms with van der Waals surface area (Å²) in [5.74, 6) is -0.313. The van der Waals surface area contributed by atoms with E-state index in [0.717, 1.165) is 4.57 Å². The van der Waals surface area contributed by atoms with Crippen LogP contribution in [0.25, 0.3) is 11.0 Å². The highest BCUT2D eigenvalue weighted by atomic mass is 32.2. The number of esters is 1. The Labute approximate surface area is 137 Å². The van der Waals surface area contributed by atoms with Crippen molar-refractivity contribution in [2.24, 2.45) is 14.1 Å². The van der Waals surface area contributed by atoms with Crippen molar-refractivity contribution < 1.29 is 9.53 Å². The molecule has 2 aromatic heterocycles. The summed E-state index contributed by atoms with van der Waals surface area (Å²) in [4.78, 5) is 41.2. The Hall–Kier alpha value is -2.09. The molecule has 7 nitrogen and oxygen atoms in total. The van der Waals surface area contributed by atoms with Gasteiger partial charge in [-0.25, -0.2) is 9.78 Å². The zero-order valence-corrected chi connectivity index (χ0v) is 14.3. The standard InChI is InChI=1S/C15H19N3O4S/c1-5-9(14(20)22-6-2)23-10-7-8-16-12-11(10)13(19)18(4)15(21)17(12)3/h7-9H,5-6H2,1-4H3/t9-/m0/s1. The number of aromatic nitrogens is 3. The van der Waals surface area contributed by atoms with Crippen LogP contribution in [-0.2, 0) is 23.6 Å². The summed E-state index contributed by atoms with van der Waals surface area (Å²) >= 11 is 1.26. The highest BCUT2D eigenvalue weighted by molar-refractivity contribution is 8.00. The Morgan fingerprint density at radius 2 is 2.00 bits per heavy atom. The van der Waals surface area contributed by atoms with E-state index in [4.69, 9.17) is 4.74 Å². The molecule has 0 radical (unpaired) electrons. The van der Waals surface area contributed by atoms with E-state index >= 15 is 0 Å². The first-order valence-electron chi connectivity index (χ1n) is 7.30. The predicted molar refractivity (Wildman–Crippen MR) is 88.8 cm³/mol. The van der Waals surface area contributed by atoms with E-state index in [1.807, 2.05) is 6.92 Å². The van der Waals surface area contributed by atoms with Crippen LogP contribution in [0.15, 0.2) is 26.7 Å². The summed E-state index contributed by atoms with van der Waals surface area (Å²) in [5.41, 5.74) is -0.547. The zero-order valence-electron chi connectivity index (χ0n) is 13.5. The second-order valence-electron chi connectivity index (χ2n) is 4.98. The van der Waals surface area contributed by atoms with E-state index in [1.54, 1.807) is 20.0 Å². The van der Waals surface area contributed by atoms with Crippen LogP contribution in [0.1, 0.15) is 20.3 Å². The van der Waals surface area contributed by atoms with Crippen LogP contribution in [0, 0.1) is 0 Å². The van der Waals surface area contributed by atoms with Crippen LogP contribution in [0.5, 0.6) is 0 Å². The van der Waals surface area contributed by atoms with E-state index < -0.39 is 16.5 Å². The number of carbonyl (C=O) groups is 1. The number of hydrogen-bond acceptors (Lipinski definition) is 6. The van der Waals surface area contributed by atoms with Crippen molar-refractivity contribution in [3.8, 4) is 0 Å². The van der Waals surface area contributed by atoms with Gasteiger partial charge in [0, 0.05) is 25.2 Å². The molecule has 0 aliphatic rings. The molecule has 0 unspecified atom stereocenters. The monoisotopic (exact) mass is 337 g/mol. The van der Waals surface area contributed by atoms with Gasteiger partial charge in [0.05, 0.1) is 12.0 Å². The molecule has 0 amide bonds. The fraction of sp³-hybridized carbons (Fsp3) is 0.467. The van der Waals surface area contributed by atoms with Crippen LogP contribution >= 0.6 is 11.8 Å². The third kappa shape index (κ3) is 3.17. The molecule has 2 rings (SSSR count). The molecule has 0 aromatic carbocycles. The number of pyridine rings is 1. The summed E-state index contributed by atoms with van der Waals surface area (Å²) < 4.78 is 7.43. The smallest absolute Gasteiger partial charge is 0.332 e. The number of nitrogens with zero attached hydrogens (tertiary/aromatic N) is 3. The van der Waals surface area contributed by atoms with Gasteiger partial charge >= 0.3 is 11.7 Å². The maximum absolute atomic E-state index is 12.5. The quantitative estimate of drug-likeness (QED) is 0.599.